The highest BCUT2D eigenvalue weighted by molar-refractivity contribution is 5.73. The van der Waals surface area contributed by atoms with Crippen LogP contribution in [0.3, 0.4) is 0 Å². The molecule has 29 heavy (non-hydrogen) atoms. The summed E-state index contributed by atoms with van der Waals surface area (Å²) in [6.07, 6.45) is -11.7. The molecule has 12 nitrogen and oxygen atoms in total. The minimum Gasteiger partial charge on any atom is -0.394 e. The summed E-state index contributed by atoms with van der Waals surface area (Å²) in [5.74, 6) is -0.534. The number of amides is 1. The van der Waals surface area contributed by atoms with Crippen LogP contribution in [0.15, 0.2) is 0 Å². The lowest BCUT2D eigenvalue weighted by molar-refractivity contribution is -0.346. The molecule has 2 fully saturated rings. The molecule has 0 radical (unpaired) electrons. The van der Waals surface area contributed by atoms with Crippen molar-refractivity contribution in [3.63, 3.8) is 0 Å². The van der Waals surface area contributed by atoms with E-state index in [2.05, 4.69) is 5.32 Å². The molecule has 2 aliphatic heterocycles. The van der Waals surface area contributed by atoms with Gasteiger partial charge in [-0.2, -0.15) is 0 Å². The minimum absolute atomic E-state index is 0.203. The summed E-state index contributed by atoms with van der Waals surface area (Å²) in [6.45, 7) is 1.98. The summed E-state index contributed by atoms with van der Waals surface area (Å²) in [5.41, 5.74) is 0. The van der Waals surface area contributed by atoms with Gasteiger partial charge in [-0.15, -0.1) is 0 Å². The van der Waals surface area contributed by atoms with Gasteiger partial charge in [-0.3, -0.25) is 4.79 Å². The van der Waals surface area contributed by atoms with Crippen molar-refractivity contribution in [3.8, 4) is 0 Å². The molecule has 1 amide bonds. The van der Waals surface area contributed by atoms with Gasteiger partial charge in [0, 0.05) is 13.5 Å². The number of carbonyl (C=O) groups excluding carboxylic acids is 1. The molecule has 0 unspecified atom stereocenters. The van der Waals surface area contributed by atoms with E-state index in [-0.39, 0.29) is 6.61 Å². The van der Waals surface area contributed by atoms with Crippen molar-refractivity contribution in [2.45, 2.75) is 81.6 Å². The molecule has 0 aromatic carbocycles. The third kappa shape index (κ3) is 5.61. The van der Waals surface area contributed by atoms with Gasteiger partial charge in [0.1, 0.15) is 48.8 Å². The average Bonchev–Trinajstić information content (AvgIpc) is 2.68. The molecule has 0 aromatic heterocycles. The number of hydrogen-bond acceptors (Lipinski definition) is 11. The lowest BCUT2D eigenvalue weighted by Crippen LogP contribution is -2.67. The van der Waals surface area contributed by atoms with Gasteiger partial charge in [-0.05, 0) is 6.42 Å². The van der Waals surface area contributed by atoms with Gasteiger partial charge in [0.15, 0.2) is 12.6 Å². The zero-order valence-electron chi connectivity index (χ0n) is 16.3. The van der Waals surface area contributed by atoms with Crippen LogP contribution in [-0.4, -0.2) is 118 Å². The standard InChI is InChI=1S/C17H31NO11/c1-3-4-26-15-13(24)11(22)8(5-19)28-17(15)29-14-10(18-7(2)21)16(25)27-9(6-20)12(14)23/h8-17,19-20,22-25H,3-6H2,1-2H3,(H,18,21)/t8-,9-,10-,11+,12-,13+,14-,15-,16-,17+/m1/s1. The van der Waals surface area contributed by atoms with Gasteiger partial charge in [0.05, 0.1) is 13.2 Å². The Morgan fingerprint density at radius 2 is 1.59 bits per heavy atom. The van der Waals surface area contributed by atoms with Crippen LogP contribution in [-0.2, 0) is 23.7 Å². The molecular formula is C17H31NO11. The van der Waals surface area contributed by atoms with E-state index in [9.17, 15) is 35.4 Å². The Morgan fingerprint density at radius 1 is 0.966 bits per heavy atom. The molecule has 0 bridgehead atoms. The fraction of sp³-hybridized carbons (Fsp3) is 0.941. The highest BCUT2D eigenvalue weighted by Crippen LogP contribution is 2.30. The Bertz CT molecular complexity index is 524. The van der Waals surface area contributed by atoms with Gasteiger partial charge in [0.2, 0.25) is 5.91 Å². The van der Waals surface area contributed by atoms with Crippen molar-refractivity contribution in [3.05, 3.63) is 0 Å². The van der Waals surface area contributed by atoms with Gasteiger partial charge < -0.3 is 54.9 Å². The first kappa shape index (κ1) is 24.3. The Labute approximate surface area is 167 Å². The Hall–Kier alpha value is -0.930. The Balaban J connectivity index is 2.27. The van der Waals surface area contributed by atoms with Crippen LogP contribution in [0.4, 0.5) is 0 Å². The first-order valence-corrected chi connectivity index (χ1v) is 9.54. The molecule has 2 heterocycles. The zero-order valence-corrected chi connectivity index (χ0v) is 16.3. The van der Waals surface area contributed by atoms with Crippen LogP contribution in [0.1, 0.15) is 20.3 Å². The number of nitrogens with one attached hydrogen (secondary N) is 1. The summed E-state index contributed by atoms with van der Waals surface area (Å²) in [5, 5.41) is 62.5. The van der Waals surface area contributed by atoms with Crippen molar-refractivity contribution in [2.24, 2.45) is 0 Å². The fourth-order valence-corrected chi connectivity index (χ4v) is 3.39. The molecule has 7 N–H and O–H groups in total. The van der Waals surface area contributed by atoms with E-state index in [1.807, 2.05) is 6.92 Å². The number of aliphatic hydroxyl groups excluding tert-OH is 6. The van der Waals surface area contributed by atoms with Crippen LogP contribution >= 0.6 is 0 Å². The van der Waals surface area contributed by atoms with Crippen LogP contribution in [0, 0.1) is 0 Å². The molecular weight excluding hydrogens is 394 g/mol. The van der Waals surface area contributed by atoms with E-state index in [0.717, 1.165) is 0 Å². The summed E-state index contributed by atoms with van der Waals surface area (Å²) < 4.78 is 21.9. The van der Waals surface area contributed by atoms with Crippen LogP contribution in [0.5, 0.6) is 0 Å². The summed E-state index contributed by atoms with van der Waals surface area (Å²) in [6, 6.07) is -1.22. The fourth-order valence-electron chi connectivity index (χ4n) is 3.39. The van der Waals surface area contributed by atoms with E-state index in [1.54, 1.807) is 0 Å². The first-order valence-electron chi connectivity index (χ1n) is 9.54. The summed E-state index contributed by atoms with van der Waals surface area (Å²) >= 11 is 0. The zero-order chi connectivity index (χ0) is 21.7. The van der Waals surface area contributed by atoms with Gasteiger partial charge >= 0.3 is 0 Å². The molecule has 170 valence electrons. The summed E-state index contributed by atoms with van der Waals surface area (Å²) in [4.78, 5) is 11.5. The predicted octanol–water partition coefficient (Wildman–Crippen LogP) is -3.82. The number of ether oxygens (including phenoxy) is 4. The van der Waals surface area contributed by atoms with E-state index < -0.39 is 80.5 Å². The van der Waals surface area contributed by atoms with Crippen LogP contribution in [0.25, 0.3) is 0 Å². The van der Waals surface area contributed by atoms with E-state index in [0.29, 0.717) is 6.42 Å². The van der Waals surface area contributed by atoms with Gasteiger partial charge in [-0.25, -0.2) is 0 Å². The molecule has 2 rings (SSSR count). The molecule has 0 spiro atoms. The quantitative estimate of drug-likeness (QED) is 0.202. The van der Waals surface area contributed by atoms with Crippen LogP contribution in [0.2, 0.25) is 0 Å². The number of rotatable bonds is 8. The molecule has 10 atom stereocenters. The summed E-state index contributed by atoms with van der Waals surface area (Å²) in [7, 11) is 0. The van der Waals surface area contributed by atoms with E-state index >= 15 is 0 Å². The smallest absolute Gasteiger partial charge is 0.217 e. The molecule has 2 saturated heterocycles. The maximum Gasteiger partial charge on any atom is 0.217 e. The van der Waals surface area contributed by atoms with Crippen LogP contribution < -0.4 is 5.32 Å². The second-order valence-electron chi connectivity index (χ2n) is 7.11. The molecule has 12 heteroatoms. The molecule has 0 saturated carbocycles. The SMILES string of the molecule is CCCO[C@H]1[C@H](O[C@H]2[C@H](O)[C@@H](CO)O[C@@H](O)[C@@H]2NC(C)=O)O[C@H](CO)[C@H](O)[C@@H]1O. The lowest BCUT2D eigenvalue weighted by Gasteiger charge is -2.47. The highest BCUT2D eigenvalue weighted by atomic mass is 16.7. The van der Waals surface area contributed by atoms with Crippen molar-refractivity contribution in [1.82, 2.24) is 5.32 Å². The van der Waals surface area contributed by atoms with Crippen molar-refractivity contribution >= 4 is 5.91 Å². The molecule has 0 aromatic rings. The molecule has 2 aliphatic rings. The monoisotopic (exact) mass is 425 g/mol. The number of hydrogen-bond donors (Lipinski definition) is 7. The van der Waals surface area contributed by atoms with E-state index in [1.165, 1.54) is 6.92 Å². The topological polar surface area (TPSA) is 187 Å². The largest absolute Gasteiger partial charge is 0.394 e. The maximum absolute atomic E-state index is 11.5. The third-order valence-corrected chi connectivity index (χ3v) is 4.87. The van der Waals surface area contributed by atoms with Crippen molar-refractivity contribution in [2.75, 3.05) is 19.8 Å². The lowest BCUT2D eigenvalue weighted by atomic mass is 9.95. The number of aliphatic hydroxyl groups is 6. The minimum atomic E-state index is -1.60. The highest BCUT2D eigenvalue weighted by Gasteiger charge is 2.51. The maximum atomic E-state index is 11.5. The van der Waals surface area contributed by atoms with Crippen molar-refractivity contribution in [1.29, 1.82) is 0 Å². The van der Waals surface area contributed by atoms with Gasteiger partial charge in [0.25, 0.3) is 0 Å². The Morgan fingerprint density at radius 3 is 2.14 bits per heavy atom. The van der Waals surface area contributed by atoms with E-state index in [4.69, 9.17) is 18.9 Å². The second-order valence-corrected chi connectivity index (χ2v) is 7.11. The third-order valence-electron chi connectivity index (χ3n) is 4.87. The number of carbonyl (C=O) groups is 1. The molecule has 0 aliphatic carbocycles. The second kappa shape index (κ2) is 10.9. The van der Waals surface area contributed by atoms with Gasteiger partial charge in [-0.1, -0.05) is 6.92 Å². The predicted molar refractivity (Wildman–Crippen MR) is 94.2 cm³/mol. The normalized spacial score (nSPS) is 43.2. The van der Waals surface area contributed by atoms with Crippen molar-refractivity contribution < 1.29 is 54.4 Å². The average molecular weight is 425 g/mol. The first-order chi connectivity index (χ1) is 13.7. The Kier molecular flexibility index (Phi) is 9.15.